The topological polar surface area (TPSA) is 105 Å². The second-order valence-corrected chi connectivity index (χ2v) is 5.83. The van der Waals surface area contributed by atoms with E-state index in [9.17, 15) is 9.59 Å². The van der Waals surface area contributed by atoms with Crippen molar-refractivity contribution in [2.24, 2.45) is 0 Å². The Morgan fingerprint density at radius 1 is 1.25 bits per heavy atom. The van der Waals surface area contributed by atoms with E-state index < -0.39 is 12.0 Å². The normalized spacial score (nSPS) is 12.1. The molecule has 0 unspecified atom stereocenters. The Kier molecular flexibility index (Phi) is 6.06. The third-order valence-electron chi connectivity index (χ3n) is 3.48. The molecule has 2 aromatic rings. The minimum absolute atomic E-state index is 0.155. The molecule has 128 valence electrons. The zero-order chi connectivity index (χ0) is 17.5. The molecule has 0 spiro atoms. The Bertz CT molecular complexity index is 682. The number of amides is 1. The van der Waals surface area contributed by atoms with E-state index in [1.165, 1.54) is 0 Å². The van der Waals surface area contributed by atoms with E-state index >= 15 is 0 Å². The molecular formula is C17H21N3O4. The van der Waals surface area contributed by atoms with Gasteiger partial charge in [0.05, 0.1) is 12.5 Å². The van der Waals surface area contributed by atoms with E-state index in [0.29, 0.717) is 18.1 Å². The maximum Gasteiger partial charge on any atom is 0.305 e. The van der Waals surface area contributed by atoms with E-state index in [1.54, 1.807) is 12.1 Å². The molecule has 0 saturated carbocycles. The van der Waals surface area contributed by atoms with E-state index in [-0.39, 0.29) is 24.7 Å². The molecular weight excluding hydrogens is 310 g/mol. The summed E-state index contributed by atoms with van der Waals surface area (Å²) >= 11 is 0. The number of aryl methyl sites for hydroxylation is 1. The summed E-state index contributed by atoms with van der Waals surface area (Å²) in [5, 5.41) is 15.6. The molecule has 0 aliphatic heterocycles. The number of nitrogens with zero attached hydrogens (tertiary/aromatic N) is 2. The van der Waals surface area contributed by atoms with Gasteiger partial charge in [0, 0.05) is 18.8 Å². The van der Waals surface area contributed by atoms with Crippen molar-refractivity contribution in [2.45, 2.75) is 45.1 Å². The lowest BCUT2D eigenvalue weighted by molar-refractivity contribution is -0.137. The average molecular weight is 331 g/mol. The van der Waals surface area contributed by atoms with E-state index in [4.69, 9.17) is 9.63 Å². The third kappa shape index (κ3) is 5.19. The summed E-state index contributed by atoms with van der Waals surface area (Å²) in [6, 6.07) is 8.47. The van der Waals surface area contributed by atoms with Crippen molar-refractivity contribution in [1.29, 1.82) is 0 Å². The highest BCUT2D eigenvalue weighted by atomic mass is 16.5. The average Bonchev–Trinajstić information content (AvgIpc) is 3.02. The minimum atomic E-state index is -0.970. The summed E-state index contributed by atoms with van der Waals surface area (Å²) in [6.07, 6.45) is 0.302. The number of hydrogen-bond acceptors (Lipinski definition) is 5. The highest BCUT2D eigenvalue weighted by Crippen LogP contribution is 2.17. The Balaban J connectivity index is 1.93. The van der Waals surface area contributed by atoms with Crippen molar-refractivity contribution >= 4 is 11.9 Å². The summed E-state index contributed by atoms with van der Waals surface area (Å²) in [7, 11) is 0. The number of carbonyl (C=O) groups excluding carboxylic acids is 1. The summed E-state index contributed by atoms with van der Waals surface area (Å²) in [4.78, 5) is 27.4. The monoisotopic (exact) mass is 331 g/mol. The molecule has 0 saturated heterocycles. The molecule has 1 heterocycles. The van der Waals surface area contributed by atoms with Crippen molar-refractivity contribution in [2.75, 3.05) is 0 Å². The van der Waals surface area contributed by atoms with Gasteiger partial charge in [-0.25, -0.2) is 0 Å². The van der Waals surface area contributed by atoms with Gasteiger partial charge in [0.2, 0.25) is 11.8 Å². The van der Waals surface area contributed by atoms with Crippen LogP contribution in [-0.4, -0.2) is 27.1 Å². The molecule has 0 aliphatic carbocycles. The molecule has 7 heteroatoms. The predicted molar refractivity (Wildman–Crippen MR) is 86.3 cm³/mol. The lowest BCUT2D eigenvalue weighted by Crippen LogP contribution is -2.30. The van der Waals surface area contributed by atoms with Crippen LogP contribution in [0.2, 0.25) is 0 Å². The van der Waals surface area contributed by atoms with Crippen LogP contribution in [0, 0.1) is 0 Å². The fraction of sp³-hybridized carbons (Fsp3) is 0.412. The van der Waals surface area contributed by atoms with Crippen LogP contribution in [0.1, 0.15) is 55.9 Å². The van der Waals surface area contributed by atoms with Gasteiger partial charge >= 0.3 is 5.97 Å². The summed E-state index contributed by atoms with van der Waals surface area (Å²) in [5.74, 6) is -0.0480. The molecule has 1 aromatic carbocycles. The summed E-state index contributed by atoms with van der Waals surface area (Å²) in [6.45, 7) is 3.91. The fourth-order valence-corrected chi connectivity index (χ4v) is 2.20. The van der Waals surface area contributed by atoms with Crippen molar-refractivity contribution in [3.8, 4) is 0 Å². The Morgan fingerprint density at radius 2 is 1.96 bits per heavy atom. The van der Waals surface area contributed by atoms with Gasteiger partial charge in [-0.05, 0) is 5.56 Å². The first-order valence-electron chi connectivity index (χ1n) is 7.84. The zero-order valence-electron chi connectivity index (χ0n) is 13.7. The fourth-order valence-electron chi connectivity index (χ4n) is 2.20. The highest BCUT2D eigenvalue weighted by molar-refractivity contribution is 5.77. The zero-order valence-corrected chi connectivity index (χ0v) is 13.7. The molecule has 0 fully saturated rings. The molecule has 0 aliphatic rings. The molecule has 2 N–H and O–H groups in total. The highest BCUT2D eigenvalue weighted by Gasteiger charge is 2.18. The first-order valence-corrected chi connectivity index (χ1v) is 7.84. The molecule has 1 amide bonds. The minimum Gasteiger partial charge on any atom is -0.481 e. The van der Waals surface area contributed by atoms with Gasteiger partial charge in [-0.3, -0.25) is 9.59 Å². The van der Waals surface area contributed by atoms with Crippen LogP contribution in [0.5, 0.6) is 0 Å². The number of carbonyl (C=O) groups is 2. The van der Waals surface area contributed by atoms with E-state index in [2.05, 4.69) is 15.5 Å². The molecule has 2 rings (SSSR count). The molecule has 7 nitrogen and oxygen atoms in total. The Hall–Kier alpha value is -2.70. The third-order valence-corrected chi connectivity index (χ3v) is 3.48. The smallest absolute Gasteiger partial charge is 0.305 e. The van der Waals surface area contributed by atoms with Gasteiger partial charge in [-0.1, -0.05) is 49.3 Å². The number of carboxylic acid groups (broad SMARTS) is 1. The van der Waals surface area contributed by atoms with Gasteiger partial charge in [0.1, 0.15) is 0 Å². The largest absolute Gasteiger partial charge is 0.481 e. The quantitative estimate of drug-likeness (QED) is 0.770. The Labute approximate surface area is 140 Å². The van der Waals surface area contributed by atoms with Gasteiger partial charge in [0.25, 0.3) is 0 Å². The lowest BCUT2D eigenvalue weighted by Gasteiger charge is -2.17. The molecule has 0 radical (unpaired) electrons. The van der Waals surface area contributed by atoms with Crippen LogP contribution in [0.4, 0.5) is 0 Å². The van der Waals surface area contributed by atoms with Crippen LogP contribution in [0.25, 0.3) is 0 Å². The van der Waals surface area contributed by atoms with E-state index in [1.807, 2.05) is 32.0 Å². The van der Waals surface area contributed by atoms with Crippen LogP contribution < -0.4 is 5.32 Å². The van der Waals surface area contributed by atoms with Crippen LogP contribution in [0.3, 0.4) is 0 Å². The second-order valence-electron chi connectivity index (χ2n) is 5.83. The van der Waals surface area contributed by atoms with Crippen LogP contribution in [-0.2, 0) is 16.0 Å². The van der Waals surface area contributed by atoms with E-state index in [0.717, 1.165) is 5.56 Å². The maximum atomic E-state index is 12.1. The number of benzene rings is 1. The van der Waals surface area contributed by atoms with Crippen molar-refractivity contribution in [1.82, 2.24) is 15.5 Å². The Morgan fingerprint density at radius 3 is 2.54 bits per heavy atom. The second kappa shape index (κ2) is 8.24. The van der Waals surface area contributed by atoms with Crippen LogP contribution >= 0.6 is 0 Å². The van der Waals surface area contributed by atoms with Gasteiger partial charge in [-0.15, -0.1) is 0 Å². The number of carboxylic acids is 1. The summed E-state index contributed by atoms with van der Waals surface area (Å²) in [5.41, 5.74) is 0.758. The lowest BCUT2D eigenvalue weighted by atomic mass is 10.0. The molecule has 1 atom stereocenters. The molecule has 1 aromatic heterocycles. The first kappa shape index (κ1) is 17.7. The standard InChI is InChI=1S/C17H21N3O4/c1-11(2)17-19-15(24-20-17)9-8-14(21)18-13(10-16(22)23)12-6-4-3-5-7-12/h3-7,11,13H,8-10H2,1-2H3,(H,18,21)(H,22,23)/t13-/m1/s1. The maximum absolute atomic E-state index is 12.1. The van der Waals surface area contributed by atoms with Crippen molar-refractivity contribution in [3.63, 3.8) is 0 Å². The number of aliphatic carboxylic acids is 1. The first-order chi connectivity index (χ1) is 11.5. The predicted octanol–water partition coefficient (Wildman–Crippen LogP) is 2.46. The van der Waals surface area contributed by atoms with Crippen molar-refractivity contribution in [3.05, 3.63) is 47.6 Å². The molecule has 0 bridgehead atoms. The molecule has 24 heavy (non-hydrogen) atoms. The number of nitrogens with one attached hydrogen (secondary N) is 1. The number of aromatic nitrogens is 2. The number of hydrogen-bond donors (Lipinski definition) is 2. The van der Waals surface area contributed by atoms with Gasteiger partial charge in [0.15, 0.2) is 5.82 Å². The van der Waals surface area contributed by atoms with Crippen molar-refractivity contribution < 1.29 is 19.2 Å². The van der Waals surface area contributed by atoms with Gasteiger partial charge in [-0.2, -0.15) is 4.98 Å². The summed E-state index contributed by atoms with van der Waals surface area (Å²) < 4.78 is 5.10. The van der Waals surface area contributed by atoms with Gasteiger partial charge < -0.3 is 14.9 Å². The number of rotatable bonds is 8. The van der Waals surface area contributed by atoms with Crippen LogP contribution in [0.15, 0.2) is 34.9 Å². The SMILES string of the molecule is CC(C)c1noc(CCC(=O)N[C@H](CC(=O)O)c2ccccc2)n1.